The quantitative estimate of drug-likeness (QED) is 0.576. The molecule has 0 N–H and O–H groups in total. The van der Waals surface area contributed by atoms with E-state index in [0.29, 0.717) is 0 Å². The molecule has 0 aromatic rings. The number of hydrogen-bond donors (Lipinski definition) is 0. The molecule has 1 atom stereocenters. The predicted molar refractivity (Wildman–Crippen MR) is 49.8 cm³/mol. The summed E-state index contributed by atoms with van der Waals surface area (Å²) in [5.74, 6) is 0.0804. The molecule has 1 heterocycles. The zero-order chi connectivity index (χ0) is 9.19. The molecule has 1 aliphatic rings. The van der Waals surface area contributed by atoms with Gasteiger partial charge in [0.15, 0.2) is 0 Å². The van der Waals surface area contributed by atoms with Crippen molar-refractivity contribution >= 4 is 5.91 Å². The highest BCUT2D eigenvalue weighted by molar-refractivity contribution is 5.87. The van der Waals surface area contributed by atoms with Crippen LogP contribution in [0, 0.1) is 0 Å². The Hall–Kier alpha value is -0.790. The number of amides is 1. The summed E-state index contributed by atoms with van der Waals surface area (Å²) in [4.78, 5) is 13.3. The topological polar surface area (TPSA) is 20.3 Å². The Morgan fingerprint density at radius 2 is 2.42 bits per heavy atom. The highest BCUT2D eigenvalue weighted by atomic mass is 16.2. The van der Waals surface area contributed by atoms with Gasteiger partial charge in [0.1, 0.15) is 0 Å². The molecule has 0 saturated carbocycles. The lowest BCUT2D eigenvalue weighted by atomic mass is 9.95. The van der Waals surface area contributed by atoms with E-state index in [1.54, 1.807) is 0 Å². The Morgan fingerprint density at radius 3 is 2.92 bits per heavy atom. The van der Waals surface area contributed by atoms with Gasteiger partial charge in [0.2, 0.25) is 5.91 Å². The minimum absolute atomic E-state index is 0.0804. The molecule has 2 nitrogen and oxygen atoms in total. The molecule has 0 bridgehead atoms. The maximum absolute atomic E-state index is 11.4. The third-order valence-electron chi connectivity index (χ3n) is 2.95. The average Bonchev–Trinajstić information content (AvgIpc) is 2.47. The van der Waals surface area contributed by atoms with Crippen LogP contribution >= 0.6 is 0 Å². The number of rotatable bonds is 2. The number of carbonyl (C=O) groups excluding carboxylic acids is 1. The van der Waals surface area contributed by atoms with Crippen molar-refractivity contribution in [1.82, 2.24) is 4.90 Å². The van der Waals surface area contributed by atoms with Gasteiger partial charge in [0, 0.05) is 12.1 Å². The third-order valence-corrected chi connectivity index (χ3v) is 2.95. The summed E-state index contributed by atoms with van der Waals surface area (Å²) in [6.45, 7) is 8.70. The number of hydrogen-bond acceptors (Lipinski definition) is 1. The molecule has 0 spiro atoms. The van der Waals surface area contributed by atoms with Gasteiger partial charge in [-0.2, -0.15) is 0 Å². The van der Waals surface area contributed by atoms with Crippen LogP contribution in [-0.4, -0.2) is 22.9 Å². The van der Waals surface area contributed by atoms with E-state index in [9.17, 15) is 4.79 Å². The van der Waals surface area contributed by atoms with Gasteiger partial charge in [-0.25, -0.2) is 0 Å². The first kappa shape index (κ1) is 9.30. The van der Waals surface area contributed by atoms with E-state index < -0.39 is 0 Å². The van der Waals surface area contributed by atoms with Crippen LogP contribution in [-0.2, 0) is 4.79 Å². The Balaban J connectivity index is 2.76. The van der Waals surface area contributed by atoms with Gasteiger partial charge in [-0.05, 0) is 32.3 Å². The second kappa shape index (κ2) is 3.30. The van der Waals surface area contributed by atoms with Crippen molar-refractivity contribution < 1.29 is 4.79 Å². The zero-order valence-corrected chi connectivity index (χ0v) is 7.97. The SMILES string of the molecule is C=CC(=O)N1CCCC1(C)CC. The van der Waals surface area contributed by atoms with E-state index in [1.165, 1.54) is 6.08 Å². The van der Waals surface area contributed by atoms with Crippen molar-refractivity contribution in [2.24, 2.45) is 0 Å². The Kier molecular flexibility index (Phi) is 2.55. The lowest BCUT2D eigenvalue weighted by Crippen LogP contribution is -2.43. The standard InChI is InChI=1S/C10H17NO/c1-4-9(12)11-8-6-7-10(11,3)5-2/h4H,1,5-8H2,2-3H3. The molecule has 1 rings (SSSR count). The van der Waals surface area contributed by atoms with Gasteiger partial charge in [0.05, 0.1) is 0 Å². The van der Waals surface area contributed by atoms with Crippen molar-refractivity contribution in [1.29, 1.82) is 0 Å². The van der Waals surface area contributed by atoms with Crippen LogP contribution in [0.2, 0.25) is 0 Å². The Morgan fingerprint density at radius 1 is 1.75 bits per heavy atom. The molecule has 1 amide bonds. The second-order valence-electron chi connectivity index (χ2n) is 3.65. The first-order valence-electron chi connectivity index (χ1n) is 4.58. The van der Waals surface area contributed by atoms with Crippen LogP contribution in [0.3, 0.4) is 0 Å². The molecular weight excluding hydrogens is 150 g/mol. The average molecular weight is 167 g/mol. The summed E-state index contributed by atoms with van der Waals surface area (Å²) in [5, 5.41) is 0. The minimum Gasteiger partial charge on any atom is -0.334 e. The molecule has 2 heteroatoms. The summed E-state index contributed by atoms with van der Waals surface area (Å²) in [7, 11) is 0. The first-order valence-corrected chi connectivity index (χ1v) is 4.58. The van der Waals surface area contributed by atoms with E-state index in [2.05, 4.69) is 20.4 Å². The van der Waals surface area contributed by atoms with Crippen LogP contribution in [0.4, 0.5) is 0 Å². The molecule has 1 fully saturated rings. The lowest BCUT2D eigenvalue weighted by molar-refractivity contribution is -0.129. The summed E-state index contributed by atoms with van der Waals surface area (Å²) in [6.07, 6.45) is 4.71. The van der Waals surface area contributed by atoms with Gasteiger partial charge >= 0.3 is 0 Å². The Labute approximate surface area is 74.2 Å². The fourth-order valence-corrected chi connectivity index (χ4v) is 1.88. The summed E-state index contributed by atoms with van der Waals surface area (Å²) < 4.78 is 0. The molecule has 0 aliphatic carbocycles. The molecule has 0 aromatic heterocycles. The van der Waals surface area contributed by atoms with E-state index in [0.717, 1.165) is 25.8 Å². The molecular formula is C10H17NO. The number of carbonyl (C=O) groups is 1. The van der Waals surface area contributed by atoms with E-state index in [1.807, 2.05) is 4.90 Å². The van der Waals surface area contributed by atoms with Gasteiger partial charge in [0.25, 0.3) is 0 Å². The third kappa shape index (κ3) is 1.38. The van der Waals surface area contributed by atoms with Crippen LogP contribution in [0.1, 0.15) is 33.1 Å². The minimum atomic E-state index is 0.0804. The molecule has 1 aliphatic heterocycles. The molecule has 0 aromatic carbocycles. The van der Waals surface area contributed by atoms with Crippen LogP contribution in [0.25, 0.3) is 0 Å². The van der Waals surface area contributed by atoms with E-state index in [4.69, 9.17) is 0 Å². The summed E-state index contributed by atoms with van der Waals surface area (Å²) >= 11 is 0. The summed E-state index contributed by atoms with van der Waals surface area (Å²) in [6, 6.07) is 0. The number of likely N-dealkylation sites (tertiary alicyclic amines) is 1. The predicted octanol–water partition coefficient (Wildman–Crippen LogP) is 1.96. The highest BCUT2D eigenvalue weighted by Crippen LogP contribution is 2.31. The summed E-state index contributed by atoms with van der Waals surface area (Å²) in [5.41, 5.74) is 0.0886. The fourth-order valence-electron chi connectivity index (χ4n) is 1.88. The van der Waals surface area contributed by atoms with Crippen molar-refractivity contribution in [3.8, 4) is 0 Å². The van der Waals surface area contributed by atoms with Crippen LogP contribution in [0.5, 0.6) is 0 Å². The fraction of sp³-hybridized carbons (Fsp3) is 0.700. The van der Waals surface area contributed by atoms with Crippen molar-refractivity contribution in [3.05, 3.63) is 12.7 Å². The largest absolute Gasteiger partial charge is 0.334 e. The normalized spacial score (nSPS) is 29.0. The second-order valence-corrected chi connectivity index (χ2v) is 3.65. The molecule has 1 unspecified atom stereocenters. The van der Waals surface area contributed by atoms with E-state index in [-0.39, 0.29) is 11.4 Å². The molecule has 1 saturated heterocycles. The van der Waals surface area contributed by atoms with Gasteiger partial charge < -0.3 is 4.90 Å². The van der Waals surface area contributed by atoms with E-state index >= 15 is 0 Å². The van der Waals surface area contributed by atoms with Crippen LogP contribution < -0.4 is 0 Å². The highest BCUT2D eigenvalue weighted by Gasteiger charge is 2.36. The number of nitrogens with zero attached hydrogens (tertiary/aromatic N) is 1. The zero-order valence-electron chi connectivity index (χ0n) is 7.97. The van der Waals surface area contributed by atoms with Gasteiger partial charge in [-0.1, -0.05) is 13.5 Å². The van der Waals surface area contributed by atoms with Gasteiger partial charge in [-0.3, -0.25) is 4.79 Å². The van der Waals surface area contributed by atoms with Crippen molar-refractivity contribution in [2.75, 3.05) is 6.54 Å². The monoisotopic (exact) mass is 167 g/mol. The maximum atomic E-state index is 11.4. The smallest absolute Gasteiger partial charge is 0.246 e. The molecule has 68 valence electrons. The van der Waals surface area contributed by atoms with Crippen molar-refractivity contribution in [2.45, 2.75) is 38.6 Å². The Bertz CT molecular complexity index is 200. The van der Waals surface area contributed by atoms with Crippen molar-refractivity contribution in [3.63, 3.8) is 0 Å². The van der Waals surface area contributed by atoms with Crippen LogP contribution in [0.15, 0.2) is 12.7 Å². The maximum Gasteiger partial charge on any atom is 0.246 e. The molecule has 12 heavy (non-hydrogen) atoms. The van der Waals surface area contributed by atoms with Gasteiger partial charge in [-0.15, -0.1) is 0 Å². The molecule has 0 radical (unpaired) electrons. The lowest BCUT2D eigenvalue weighted by Gasteiger charge is -2.33. The first-order chi connectivity index (χ1) is 5.64.